The molecule has 0 unspecified atom stereocenters. The molecular formula is C31H22F3NO6. The molecule has 0 aliphatic heterocycles. The third-order valence-corrected chi connectivity index (χ3v) is 6.01. The van der Waals surface area contributed by atoms with Crippen molar-refractivity contribution in [2.24, 2.45) is 0 Å². The summed E-state index contributed by atoms with van der Waals surface area (Å²) in [7, 11) is 1.46. The van der Waals surface area contributed by atoms with E-state index in [-0.39, 0.29) is 22.5 Å². The third-order valence-electron chi connectivity index (χ3n) is 6.01. The molecule has 5 aromatic rings. The number of rotatable bonds is 8. The van der Waals surface area contributed by atoms with E-state index in [0.29, 0.717) is 11.4 Å². The first kappa shape index (κ1) is 27.3. The van der Waals surface area contributed by atoms with Crippen LogP contribution < -0.4 is 25.0 Å². The Morgan fingerprint density at radius 2 is 1.51 bits per heavy atom. The number of hydrogen-bond acceptors (Lipinski definition) is 6. The number of para-hydroxylation sites is 2. The standard InChI is InChI=1S/C31H22F3NO6/c1-38-25-10-6-5-9-24(25)35-27(36)18-39-22-15-16-23-26(17-22)41-30(31(32,33)34)29(28(23)37)40-21-13-11-20(12-14-21)19-7-3-2-4-8-19/h2-17H,18H2,1H3,(H,35,36). The predicted octanol–water partition coefficient (Wildman–Crippen LogP) is 7.30. The van der Waals surface area contributed by atoms with Gasteiger partial charge in [0, 0.05) is 6.07 Å². The second kappa shape index (κ2) is 11.5. The highest BCUT2D eigenvalue weighted by Gasteiger charge is 2.40. The Hall–Kier alpha value is -5.25. The van der Waals surface area contributed by atoms with Gasteiger partial charge < -0.3 is 23.9 Å². The van der Waals surface area contributed by atoms with Crippen LogP contribution in [0.15, 0.2) is 106 Å². The summed E-state index contributed by atoms with van der Waals surface area (Å²) in [6.07, 6.45) is -5.03. The number of ether oxygens (including phenoxy) is 3. The maximum atomic E-state index is 14.0. The molecule has 7 nitrogen and oxygen atoms in total. The van der Waals surface area contributed by atoms with Crippen LogP contribution in [0.5, 0.6) is 23.0 Å². The molecule has 0 spiro atoms. The fourth-order valence-corrected chi connectivity index (χ4v) is 4.07. The molecule has 0 saturated carbocycles. The van der Waals surface area contributed by atoms with Gasteiger partial charge in [-0.25, -0.2) is 0 Å². The molecule has 0 aliphatic rings. The zero-order valence-corrected chi connectivity index (χ0v) is 21.5. The summed E-state index contributed by atoms with van der Waals surface area (Å²) in [6.45, 7) is -0.458. The smallest absolute Gasteiger partial charge is 0.453 e. The highest BCUT2D eigenvalue weighted by molar-refractivity contribution is 5.93. The molecule has 5 rings (SSSR count). The molecule has 10 heteroatoms. The number of fused-ring (bicyclic) bond motifs is 1. The summed E-state index contributed by atoms with van der Waals surface area (Å²) < 4.78 is 63.1. The van der Waals surface area contributed by atoms with Crippen molar-refractivity contribution >= 4 is 22.6 Å². The molecular weight excluding hydrogens is 539 g/mol. The van der Waals surface area contributed by atoms with Crippen LogP contribution in [0.2, 0.25) is 0 Å². The van der Waals surface area contributed by atoms with Gasteiger partial charge in [0.05, 0.1) is 18.2 Å². The van der Waals surface area contributed by atoms with E-state index in [1.54, 1.807) is 36.4 Å². The summed E-state index contributed by atoms with van der Waals surface area (Å²) >= 11 is 0. The Bertz CT molecular complexity index is 1750. The van der Waals surface area contributed by atoms with Crippen LogP contribution in [-0.2, 0) is 11.0 Å². The summed E-state index contributed by atoms with van der Waals surface area (Å²) in [5, 5.41) is 2.47. The van der Waals surface area contributed by atoms with E-state index in [2.05, 4.69) is 5.32 Å². The second-order valence-electron chi connectivity index (χ2n) is 8.77. The lowest BCUT2D eigenvalue weighted by atomic mass is 10.1. The molecule has 0 radical (unpaired) electrons. The zero-order chi connectivity index (χ0) is 29.0. The summed E-state index contributed by atoms with van der Waals surface area (Å²) in [5.74, 6) is -2.61. The van der Waals surface area contributed by atoms with Crippen LogP contribution in [0.25, 0.3) is 22.1 Å². The molecule has 0 saturated heterocycles. The van der Waals surface area contributed by atoms with Crippen molar-refractivity contribution < 1.29 is 36.6 Å². The minimum absolute atomic E-state index is 0.0223. The van der Waals surface area contributed by atoms with Crippen LogP contribution in [0, 0.1) is 0 Å². The van der Waals surface area contributed by atoms with Gasteiger partial charge in [-0.2, -0.15) is 13.2 Å². The number of benzene rings is 4. The number of nitrogens with one attached hydrogen (secondary N) is 1. The average molecular weight is 562 g/mol. The summed E-state index contributed by atoms with van der Waals surface area (Å²) in [4.78, 5) is 25.5. The van der Waals surface area contributed by atoms with Crippen LogP contribution >= 0.6 is 0 Å². The van der Waals surface area contributed by atoms with Gasteiger partial charge in [-0.3, -0.25) is 9.59 Å². The van der Waals surface area contributed by atoms with Gasteiger partial charge in [0.25, 0.3) is 11.7 Å². The Balaban J connectivity index is 1.38. The van der Waals surface area contributed by atoms with Crippen molar-refractivity contribution in [1.82, 2.24) is 0 Å². The van der Waals surface area contributed by atoms with Gasteiger partial charge in [0.1, 0.15) is 22.8 Å². The Morgan fingerprint density at radius 3 is 2.22 bits per heavy atom. The molecule has 208 valence electrons. The highest BCUT2D eigenvalue weighted by Crippen LogP contribution is 2.39. The number of amides is 1. The van der Waals surface area contributed by atoms with E-state index in [9.17, 15) is 22.8 Å². The van der Waals surface area contributed by atoms with Gasteiger partial charge in [-0.05, 0) is 47.5 Å². The average Bonchev–Trinajstić information content (AvgIpc) is 2.98. The van der Waals surface area contributed by atoms with E-state index >= 15 is 0 Å². The molecule has 41 heavy (non-hydrogen) atoms. The van der Waals surface area contributed by atoms with Crippen LogP contribution in [0.3, 0.4) is 0 Å². The fourth-order valence-electron chi connectivity index (χ4n) is 4.07. The van der Waals surface area contributed by atoms with Crippen LogP contribution in [0.4, 0.5) is 18.9 Å². The van der Waals surface area contributed by atoms with E-state index in [1.807, 2.05) is 30.3 Å². The molecule has 4 aromatic carbocycles. The number of alkyl halides is 3. The lowest BCUT2D eigenvalue weighted by Gasteiger charge is -2.14. The van der Waals surface area contributed by atoms with Crippen molar-refractivity contribution in [2.75, 3.05) is 19.0 Å². The largest absolute Gasteiger partial charge is 0.495 e. The van der Waals surface area contributed by atoms with E-state index in [0.717, 1.165) is 17.2 Å². The highest BCUT2D eigenvalue weighted by atomic mass is 19.4. The number of halogens is 3. The first-order valence-corrected chi connectivity index (χ1v) is 12.3. The second-order valence-corrected chi connectivity index (χ2v) is 8.77. The number of anilines is 1. The van der Waals surface area contributed by atoms with Crippen molar-refractivity contribution in [2.45, 2.75) is 6.18 Å². The molecule has 0 atom stereocenters. The Morgan fingerprint density at radius 1 is 0.854 bits per heavy atom. The van der Waals surface area contributed by atoms with Crippen molar-refractivity contribution in [3.63, 3.8) is 0 Å². The molecule has 1 N–H and O–H groups in total. The Kier molecular flexibility index (Phi) is 7.64. The number of carbonyl (C=O) groups excluding carboxylic acids is 1. The number of hydrogen-bond donors (Lipinski definition) is 1. The lowest BCUT2D eigenvalue weighted by Crippen LogP contribution is -2.20. The van der Waals surface area contributed by atoms with Gasteiger partial charge in [0.15, 0.2) is 6.61 Å². The maximum absolute atomic E-state index is 14.0. The van der Waals surface area contributed by atoms with Crippen LogP contribution in [-0.4, -0.2) is 19.6 Å². The van der Waals surface area contributed by atoms with Gasteiger partial charge >= 0.3 is 6.18 Å². The molecule has 1 aromatic heterocycles. The number of methoxy groups -OCH3 is 1. The molecule has 0 fully saturated rings. The minimum atomic E-state index is -5.03. The van der Waals surface area contributed by atoms with Gasteiger partial charge in [-0.15, -0.1) is 0 Å². The maximum Gasteiger partial charge on any atom is 0.453 e. The molecule has 0 bridgehead atoms. The zero-order valence-electron chi connectivity index (χ0n) is 21.5. The fraction of sp³-hybridized carbons (Fsp3) is 0.0968. The number of carbonyl (C=O) groups is 1. The minimum Gasteiger partial charge on any atom is -0.495 e. The molecule has 1 amide bonds. The third kappa shape index (κ3) is 6.17. The van der Waals surface area contributed by atoms with E-state index in [1.165, 1.54) is 31.4 Å². The molecule has 1 heterocycles. The SMILES string of the molecule is COc1ccccc1NC(=O)COc1ccc2c(=O)c(Oc3ccc(-c4ccccc4)cc3)c(C(F)(F)F)oc2c1. The quantitative estimate of drug-likeness (QED) is 0.214. The first-order chi connectivity index (χ1) is 19.7. The van der Waals surface area contributed by atoms with Gasteiger partial charge in [0.2, 0.25) is 11.2 Å². The lowest BCUT2D eigenvalue weighted by molar-refractivity contribution is -0.154. The van der Waals surface area contributed by atoms with Crippen molar-refractivity contribution in [3.05, 3.63) is 113 Å². The van der Waals surface area contributed by atoms with Crippen molar-refractivity contribution in [1.29, 1.82) is 0 Å². The van der Waals surface area contributed by atoms with Crippen LogP contribution in [0.1, 0.15) is 5.76 Å². The topological polar surface area (TPSA) is 87.0 Å². The summed E-state index contributed by atoms with van der Waals surface area (Å²) in [5.41, 5.74) is 0.771. The van der Waals surface area contributed by atoms with E-state index in [4.69, 9.17) is 18.6 Å². The molecule has 0 aliphatic carbocycles. The van der Waals surface area contributed by atoms with Gasteiger partial charge in [-0.1, -0.05) is 54.6 Å². The normalized spacial score (nSPS) is 11.2. The van der Waals surface area contributed by atoms with E-state index < -0.39 is 35.6 Å². The Labute approximate surface area is 231 Å². The van der Waals surface area contributed by atoms with Crippen molar-refractivity contribution in [3.8, 4) is 34.1 Å². The monoisotopic (exact) mass is 561 g/mol. The summed E-state index contributed by atoms with van der Waals surface area (Å²) in [6, 6.07) is 26.1. The predicted molar refractivity (Wildman–Crippen MR) is 147 cm³/mol. The first-order valence-electron chi connectivity index (χ1n) is 12.3.